The van der Waals surface area contributed by atoms with Crippen molar-refractivity contribution in [2.24, 2.45) is 0 Å². The molecule has 2 aliphatic heterocycles. The van der Waals surface area contributed by atoms with Gasteiger partial charge < -0.3 is 10.0 Å². The number of hydrogen-bond donors (Lipinski definition) is 1. The molecule has 156 valence electrons. The Morgan fingerprint density at radius 1 is 1.27 bits per heavy atom. The highest BCUT2D eigenvalue weighted by molar-refractivity contribution is 6.42. The Bertz CT molecular complexity index is 1030. The van der Waals surface area contributed by atoms with Gasteiger partial charge in [-0.3, -0.25) is 19.5 Å². The molecule has 3 heterocycles. The van der Waals surface area contributed by atoms with Gasteiger partial charge in [0.05, 0.1) is 10.0 Å². The Labute approximate surface area is 184 Å². The number of phenols is 1. The van der Waals surface area contributed by atoms with Crippen LogP contribution in [-0.2, 0) is 24.2 Å². The number of nitrogens with zero attached hydrogens (tertiary/aromatic N) is 3. The van der Waals surface area contributed by atoms with E-state index in [0.29, 0.717) is 41.8 Å². The quantitative estimate of drug-likeness (QED) is 0.564. The van der Waals surface area contributed by atoms with Crippen LogP contribution in [0.4, 0.5) is 0 Å². The molecule has 0 bridgehead atoms. The van der Waals surface area contributed by atoms with Gasteiger partial charge in [0, 0.05) is 56.5 Å². The zero-order valence-electron chi connectivity index (χ0n) is 16.3. The number of likely N-dealkylation sites (tertiary alicyclic amines) is 1. The van der Waals surface area contributed by atoms with Gasteiger partial charge in [-0.15, -0.1) is 0 Å². The molecule has 1 N–H and O–H groups in total. The monoisotopic (exact) mass is 445 g/mol. The molecule has 2 aromatic rings. The Hall–Kier alpha value is -2.41. The number of ketones is 1. The van der Waals surface area contributed by atoms with E-state index in [1.54, 1.807) is 11.1 Å². The SMILES string of the molecule is C=CC(=O)N1CC(N2CCc3c(ccnc3C(=O)Cc3cc(Cl)c(Cl)cc3O)C2)C1. The number of Topliss-reactive ketones (excluding diaryl/α,β-unsaturated/α-hetero) is 1. The number of halogens is 2. The largest absolute Gasteiger partial charge is 0.508 e. The molecule has 0 saturated carbocycles. The molecule has 8 heteroatoms. The van der Waals surface area contributed by atoms with Crippen molar-refractivity contribution < 1.29 is 14.7 Å². The predicted molar refractivity (Wildman–Crippen MR) is 115 cm³/mol. The van der Waals surface area contributed by atoms with Gasteiger partial charge in [0.15, 0.2) is 5.78 Å². The number of benzene rings is 1. The molecule has 0 spiro atoms. The summed E-state index contributed by atoms with van der Waals surface area (Å²) in [7, 11) is 0. The topological polar surface area (TPSA) is 73.7 Å². The fourth-order valence-electron chi connectivity index (χ4n) is 4.04. The van der Waals surface area contributed by atoms with E-state index in [2.05, 4.69) is 16.5 Å². The molecule has 1 fully saturated rings. The highest BCUT2D eigenvalue weighted by atomic mass is 35.5. The summed E-state index contributed by atoms with van der Waals surface area (Å²) in [6, 6.07) is 5.13. The van der Waals surface area contributed by atoms with Crippen LogP contribution in [-0.4, -0.2) is 57.3 Å². The number of carbonyl (C=O) groups is 2. The molecule has 4 rings (SSSR count). The van der Waals surface area contributed by atoms with E-state index in [9.17, 15) is 14.7 Å². The van der Waals surface area contributed by atoms with Gasteiger partial charge in [-0.05, 0) is 35.8 Å². The third-order valence-electron chi connectivity index (χ3n) is 5.78. The summed E-state index contributed by atoms with van der Waals surface area (Å²) in [4.78, 5) is 33.1. The maximum Gasteiger partial charge on any atom is 0.246 e. The Kier molecular flexibility index (Phi) is 5.82. The van der Waals surface area contributed by atoms with E-state index in [4.69, 9.17) is 23.2 Å². The minimum absolute atomic E-state index is 0.00284. The van der Waals surface area contributed by atoms with E-state index < -0.39 is 0 Å². The van der Waals surface area contributed by atoms with Gasteiger partial charge in [-0.2, -0.15) is 0 Å². The molecule has 2 aliphatic rings. The van der Waals surface area contributed by atoms with Gasteiger partial charge in [0.25, 0.3) is 0 Å². The van der Waals surface area contributed by atoms with Crippen molar-refractivity contribution >= 4 is 34.9 Å². The molecule has 0 aliphatic carbocycles. The van der Waals surface area contributed by atoms with Crippen LogP contribution in [0.2, 0.25) is 10.0 Å². The van der Waals surface area contributed by atoms with Crippen molar-refractivity contribution in [3.05, 3.63) is 69.5 Å². The number of aromatic nitrogens is 1. The second-order valence-corrected chi connectivity index (χ2v) is 8.43. The summed E-state index contributed by atoms with van der Waals surface area (Å²) in [5, 5.41) is 10.6. The molecule has 1 saturated heterocycles. The van der Waals surface area contributed by atoms with Crippen molar-refractivity contribution in [1.29, 1.82) is 0 Å². The summed E-state index contributed by atoms with van der Waals surface area (Å²) in [6.45, 7) is 6.45. The molecule has 6 nitrogen and oxygen atoms in total. The number of fused-ring (bicyclic) bond motifs is 1. The number of phenolic OH excluding ortho intramolecular Hbond substituents is 1. The van der Waals surface area contributed by atoms with Crippen LogP contribution < -0.4 is 0 Å². The summed E-state index contributed by atoms with van der Waals surface area (Å²) in [6.07, 6.45) is 3.70. The third kappa shape index (κ3) is 3.95. The Morgan fingerprint density at radius 3 is 2.73 bits per heavy atom. The highest BCUT2D eigenvalue weighted by Gasteiger charge is 2.35. The smallest absolute Gasteiger partial charge is 0.246 e. The summed E-state index contributed by atoms with van der Waals surface area (Å²) >= 11 is 11.9. The Morgan fingerprint density at radius 2 is 2.00 bits per heavy atom. The van der Waals surface area contributed by atoms with Gasteiger partial charge in [0.1, 0.15) is 11.4 Å². The average Bonchev–Trinajstić information content (AvgIpc) is 2.70. The molecular formula is C22H21Cl2N3O3. The second kappa shape index (κ2) is 8.38. The van der Waals surface area contributed by atoms with Crippen molar-refractivity contribution in [3.8, 4) is 5.75 Å². The van der Waals surface area contributed by atoms with Crippen molar-refractivity contribution in [2.75, 3.05) is 19.6 Å². The van der Waals surface area contributed by atoms with Crippen LogP contribution in [0.15, 0.2) is 37.1 Å². The van der Waals surface area contributed by atoms with E-state index in [1.807, 2.05) is 6.07 Å². The van der Waals surface area contributed by atoms with Crippen LogP contribution in [0.25, 0.3) is 0 Å². The first kappa shape index (κ1) is 20.8. The maximum absolute atomic E-state index is 13.0. The lowest BCUT2D eigenvalue weighted by Gasteiger charge is -2.46. The van der Waals surface area contributed by atoms with Crippen molar-refractivity contribution in [1.82, 2.24) is 14.8 Å². The van der Waals surface area contributed by atoms with Gasteiger partial charge >= 0.3 is 0 Å². The van der Waals surface area contributed by atoms with Crippen LogP contribution in [0.5, 0.6) is 5.75 Å². The van der Waals surface area contributed by atoms with Crippen LogP contribution in [0, 0.1) is 0 Å². The lowest BCUT2D eigenvalue weighted by molar-refractivity contribution is -0.133. The highest BCUT2D eigenvalue weighted by Crippen LogP contribution is 2.31. The summed E-state index contributed by atoms with van der Waals surface area (Å²) in [5.74, 6) is -0.260. The fraction of sp³-hybridized carbons (Fsp3) is 0.318. The molecule has 1 amide bonds. The van der Waals surface area contributed by atoms with Gasteiger partial charge in [-0.1, -0.05) is 29.8 Å². The fourth-order valence-corrected chi connectivity index (χ4v) is 4.38. The first-order chi connectivity index (χ1) is 14.4. The number of aromatic hydroxyl groups is 1. The molecule has 0 radical (unpaired) electrons. The van der Waals surface area contributed by atoms with Gasteiger partial charge in [0.2, 0.25) is 5.91 Å². The number of rotatable bonds is 5. The van der Waals surface area contributed by atoms with E-state index in [-0.39, 0.29) is 28.9 Å². The normalized spacial score (nSPS) is 16.7. The lowest BCUT2D eigenvalue weighted by Crippen LogP contribution is -2.61. The summed E-state index contributed by atoms with van der Waals surface area (Å²) < 4.78 is 0. The first-order valence-corrected chi connectivity index (χ1v) is 10.4. The van der Waals surface area contributed by atoms with E-state index in [0.717, 1.165) is 24.2 Å². The van der Waals surface area contributed by atoms with Crippen LogP contribution in [0.1, 0.15) is 27.2 Å². The number of hydrogen-bond acceptors (Lipinski definition) is 5. The van der Waals surface area contributed by atoms with E-state index in [1.165, 1.54) is 18.2 Å². The zero-order chi connectivity index (χ0) is 21.4. The molecule has 1 aromatic carbocycles. The second-order valence-electron chi connectivity index (χ2n) is 7.61. The minimum atomic E-state index is -0.166. The standard InChI is InChI=1S/C22H21Cl2N3O3/c1-2-21(30)27-11-15(12-27)26-6-4-16-13(10-26)3-5-25-22(16)20(29)8-14-7-17(23)18(24)9-19(14)28/h2-3,5,7,9,15,28H,1,4,6,8,10-12H2. The van der Waals surface area contributed by atoms with E-state index >= 15 is 0 Å². The predicted octanol–water partition coefficient (Wildman–Crippen LogP) is 3.27. The minimum Gasteiger partial charge on any atom is -0.508 e. The maximum atomic E-state index is 13.0. The average molecular weight is 446 g/mol. The molecule has 0 atom stereocenters. The van der Waals surface area contributed by atoms with Crippen LogP contribution >= 0.6 is 23.2 Å². The zero-order valence-corrected chi connectivity index (χ0v) is 17.8. The number of amides is 1. The van der Waals surface area contributed by atoms with Crippen molar-refractivity contribution in [2.45, 2.75) is 25.4 Å². The number of pyridine rings is 1. The van der Waals surface area contributed by atoms with Gasteiger partial charge in [-0.25, -0.2) is 0 Å². The third-order valence-corrected chi connectivity index (χ3v) is 6.50. The molecule has 30 heavy (non-hydrogen) atoms. The molecule has 1 aromatic heterocycles. The number of carbonyl (C=O) groups excluding carboxylic acids is 2. The molecule has 0 unspecified atom stereocenters. The Balaban J connectivity index is 1.48. The van der Waals surface area contributed by atoms with Crippen molar-refractivity contribution in [3.63, 3.8) is 0 Å². The molecular weight excluding hydrogens is 425 g/mol. The summed E-state index contributed by atoms with van der Waals surface area (Å²) in [5.41, 5.74) is 2.89. The lowest BCUT2D eigenvalue weighted by atomic mass is 9.93. The first-order valence-electron chi connectivity index (χ1n) is 9.69. The van der Waals surface area contributed by atoms with Crippen LogP contribution in [0.3, 0.4) is 0 Å².